The number of hydrogen-bond donors (Lipinski definition) is 0. The van der Waals surface area contributed by atoms with E-state index in [0.29, 0.717) is 6.54 Å². The number of benzene rings is 1. The fourth-order valence-electron chi connectivity index (χ4n) is 3.05. The Morgan fingerprint density at radius 3 is 2.50 bits per heavy atom. The predicted octanol–water partition coefficient (Wildman–Crippen LogP) is 2.41. The molecule has 0 bridgehead atoms. The summed E-state index contributed by atoms with van der Waals surface area (Å²) in [6, 6.07) is 11.6. The van der Waals surface area contributed by atoms with Crippen LogP contribution >= 0.6 is 0 Å². The van der Waals surface area contributed by atoms with Gasteiger partial charge in [0.15, 0.2) is 0 Å². The highest BCUT2D eigenvalue weighted by Crippen LogP contribution is 2.13. The van der Waals surface area contributed by atoms with Crippen LogP contribution in [-0.2, 0) is 11.3 Å². The highest BCUT2D eigenvalue weighted by Gasteiger charge is 2.09. The highest BCUT2D eigenvalue weighted by molar-refractivity contribution is 5.61. The number of nitrogens with zero attached hydrogens (tertiary/aromatic N) is 3. The minimum atomic E-state index is -0.00289. The molecule has 0 unspecified atom stereocenters. The first kappa shape index (κ1) is 16.9. The lowest BCUT2D eigenvalue weighted by molar-refractivity contribution is 0.0371. The Morgan fingerprint density at radius 1 is 0.958 bits per heavy atom. The summed E-state index contributed by atoms with van der Waals surface area (Å²) in [5.41, 5.74) is 1.67. The zero-order valence-electron chi connectivity index (χ0n) is 14.1. The summed E-state index contributed by atoms with van der Waals surface area (Å²) >= 11 is 0. The van der Waals surface area contributed by atoms with E-state index in [2.05, 4.69) is 10.00 Å². The van der Waals surface area contributed by atoms with Crippen molar-refractivity contribution in [3.63, 3.8) is 0 Å². The minimum Gasteiger partial charge on any atom is -0.379 e. The second-order valence-electron chi connectivity index (χ2n) is 6.15. The third kappa shape index (κ3) is 4.52. The van der Waals surface area contributed by atoms with E-state index in [4.69, 9.17) is 4.74 Å². The summed E-state index contributed by atoms with van der Waals surface area (Å²) in [6.07, 6.45) is 4.97. The van der Waals surface area contributed by atoms with Crippen LogP contribution in [0.2, 0.25) is 0 Å². The van der Waals surface area contributed by atoms with Crippen LogP contribution in [0.25, 0.3) is 11.1 Å². The van der Waals surface area contributed by atoms with Crippen molar-refractivity contribution in [2.45, 2.75) is 25.8 Å². The van der Waals surface area contributed by atoms with Gasteiger partial charge in [-0.05, 0) is 31.0 Å². The molecule has 0 saturated carbocycles. The Hall–Kier alpha value is -1.98. The Balaban J connectivity index is 1.50. The number of ether oxygens (including phenoxy) is 1. The maximum Gasteiger partial charge on any atom is 0.274 e. The molecule has 0 radical (unpaired) electrons. The van der Waals surface area contributed by atoms with Crippen molar-refractivity contribution < 1.29 is 4.74 Å². The molecule has 0 N–H and O–H groups in total. The quantitative estimate of drug-likeness (QED) is 0.733. The second-order valence-corrected chi connectivity index (χ2v) is 6.15. The molecule has 1 aromatic heterocycles. The van der Waals surface area contributed by atoms with E-state index >= 15 is 0 Å². The first-order chi connectivity index (χ1) is 11.8. The number of aryl methyl sites for hydroxylation is 1. The third-order valence-corrected chi connectivity index (χ3v) is 4.44. The highest BCUT2D eigenvalue weighted by atomic mass is 16.5. The first-order valence-electron chi connectivity index (χ1n) is 8.76. The molecule has 0 atom stereocenters. The van der Waals surface area contributed by atoms with Gasteiger partial charge in [0, 0.05) is 25.8 Å². The zero-order valence-corrected chi connectivity index (χ0v) is 14.1. The summed E-state index contributed by atoms with van der Waals surface area (Å²) in [6.45, 7) is 5.59. The van der Waals surface area contributed by atoms with Crippen molar-refractivity contribution >= 4 is 0 Å². The van der Waals surface area contributed by atoms with Crippen molar-refractivity contribution in [1.82, 2.24) is 14.7 Å². The molecule has 0 spiro atoms. The topological polar surface area (TPSA) is 47.4 Å². The molecule has 1 fully saturated rings. The molecule has 1 aliphatic rings. The number of aromatic nitrogens is 2. The Bertz CT molecular complexity index is 679. The summed E-state index contributed by atoms with van der Waals surface area (Å²) in [7, 11) is 0. The summed E-state index contributed by atoms with van der Waals surface area (Å²) in [4.78, 5) is 15.0. The normalized spacial score (nSPS) is 15.5. The van der Waals surface area contributed by atoms with E-state index < -0.39 is 0 Å². The van der Waals surface area contributed by atoms with Crippen LogP contribution in [0.15, 0.2) is 47.4 Å². The second kappa shape index (κ2) is 8.76. The fraction of sp³-hybridized carbons (Fsp3) is 0.474. The average molecular weight is 327 g/mol. The molecule has 0 amide bonds. The predicted molar refractivity (Wildman–Crippen MR) is 95.0 cm³/mol. The van der Waals surface area contributed by atoms with E-state index in [1.807, 2.05) is 30.3 Å². The van der Waals surface area contributed by atoms with Crippen LogP contribution in [0.4, 0.5) is 0 Å². The zero-order chi connectivity index (χ0) is 16.6. The van der Waals surface area contributed by atoms with Gasteiger partial charge >= 0.3 is 0 Å². The smallest absolute Gasteiger partial charge is 0.274 e. The van der Waals surface area contributed by atoms with E-state index in [0.717, 1.165) is 63.2 Å². The van der Waals surface area contributed by atoms with Crippen LogP contribution < -0.4 is 5.56 Å². The van der Waals surface area contributed by atoms with Crippen molar-refractivity contribution in [2.24, 2.45) is 0 Å². The number of hydrogen-bond acceptors (Lipinski definition) is 4. The van der Waals surface area contributed by atoms with Gasteiger partial charge in [0.2, 0.25) is 0 Å². The van der Waals surface area contributed by atoms with Gasteiger partial charge in [0.05, 0.1) is 18.8 Å². The van der Waals surface area contributed by atoms with Crippen LogP contribution in [-0.4, -0.2) is 47.5 Å². The van der Waals surface area contributed by atoms with E-state index in [-0.39, 0.29) is 5.56 Å². The van der Waals surface area contributed by atoms with Crippen molar-refractivity contribution in [1.29, 1.82) is 0 Å². The van der Waals surface area contributed by atoms with Gasteiger partial charge in [-0.2, -0.15) is 5.10 Å². The lowest BCUT2D eigenvalue weighted by Crippen LogP contribution is -2.36. The minimum absolute atomic E-state index is 0.00289. The Labute approximate surface area is 142 Å². The van der Waals surface area contributed by atoms with Gasteiger partial charge in [-0.25, -0.2) is 4.68 Å². The van der Waals surface area contributed by atoms with E-state index in [9.17, 15) is 4.79 Å². The summed E-state index contributed by atoms with van der Waals surface area (Å²) in [5.74, 6) is 0. The fourth-order valence-corrected chi connectivity index (χ4v) is 3.05. The molecular formula is C19H25N3O2. The molecule has 3 rings (SSSR count). The molecule has 1 aromatic carbocycles. The summed E-state index contributed by atoms with van der Waals surface area (Å²) in [5, 5.41) is 4.23. The molecule has 24 heavy (non-hydrogen) atoms. The van der Waals surface area contributed by atoms with Crippen molar-refractivity contribution in [3.05, 3.63) is 52.9 Å². The average Bonchev–Trinajstić information content (AvgIpc) is 2.64. The largest absolute Gasteiger partial charge is 0.379 e. The lowest BCUT2D eigenvalue weighted by Gasteiger charge is -2.26. The number of unbranched alkanes of at least 4 members (excludes halogenated alkanes) is 2. The SMILES string of the molecule is O=c1c(-c2ccccc2)ccnn1CCCCCN1CCOCC1. The maximum atomic E-state index is 12.6. The lowest BCUT2D eigenvalue weighted by atomic mass is 10.1. The molecule has 5 nitrogen and oxygen atoms in total. The monoisotopic (exact) mass is 327 g/mol. The van der Waals surface area contributed by atoms with Gasteiger partial charge in [0.1, 0.15) is 0 Å². The molecule has 1 aliphatic heterocycles. The van der Waals surface area contributed by atoms with Gasteiger partial charge in [-0.1, -0.05) is 36.8 Å². The molecule has 1 saturated heterocycles. The molecule has 2 aromatic rings. The molecule has 0 aliphatic carbocycles. The van der Waals surface area contributed by atoms with Crippen LogP contribution in [0, 0.1) is 0 Å². The summed E-state index contributed by atoms with van der Waals surface area (Å²) < 4.78 is 6.95. The van der Waals surface area contributed by atoms with Crippen LogP contribution in [0.5, 0.6) is 0 Å². The third-order valence-electron chi connectivity index (χ3n) is 4.44. The van der Waals surface area contributed by atoms with E-state index in [1.165, 1.54) is 0 Å². The number of rotatable bonds is 7. The standard InChI is InChI=1S/C19H25N3O2/c23-19-18(17-7-3-1-4-8-17)9-10-20-22(19)12-6-2-5-11-21-13-15-24-16-14-21/h1,3-4,7-10H,2,5-6,11-16H2. The maximum absolute atomic E-state index is 12.6. The van der Waals surface area contributed by atoms with Crippen molar-refractivity contribution in [2.75, 3.05) is 32.8 Å². The van der Waals surface area contributed by atoms with Gasteiger partial charge in [0.25, 0.3) is 5.56 Å². The van der Waals surface area contributed by atoms with Gasteiger partial charge < -0.3 is 4.74 Å². The molecular weight excluding hydrogens is 302 g/mol. The molecule has 2 heterocycles. The number of morpholine rings is 1. The van der Waals surface area contributed by atoms with Gasteiger partial charge in [-0.15, -0.1) is 0 Å². The van der Waals surface area contributed by atoms with E-state index in [1.54, 1.807) is 16.9 Å². The Kier molecular flexibility index (Phi) is 6.15. The Morgan fingerprint density at radius 2 is 1.71 bits per heavy atom. The van der Waals surface area contributed by atoms with Gasteiger partial charge in [-0.3, -0.25) is 9.69 Å². The van der Waals surface area contributed by atoms with Crippen LogP contribution in [0.3, 0.4) is 0 Å². The van der Waals surface area contributed by atoms with Crippen molar-refractivity contribution in [3.8, 4) is 11.1 Å². The molecule has 128 valence electrons. The first-order valence-corrected chi connectivity index (χ1v) is 8.76. The van der Waals surface area contributed by atoms with Crippen LogP contribution in [0.1, 0.15) is 19.3 Å². The molecule has 5 heteroatoms.